The molecule has 2 atom stereocenters. The van der Waals surface area contributed by atoms with Gasteiger partial charge in [0.15, 0.2) is 0 Å². The number of ketones is 1. The van der Waals surface area contributed by atoms with Crippen molar-refractivity contribution >= 4 is 5.78 Å². The number of rotatable bonds is 6. The molecular formula is C14H26O. The molecule has 0 heterocycles. The van der Waals surface area contributed by atoms with Gasteiger partial charge in [-0.1, -0.05) is 52.4 Å². The minimum absolute atomic E-state index is 0.507. The molecule has 1 aliphatic carbocycles. The van der Waals surface area contributed by atoms with Gasteiger partial charge in [0.05, 0.1) is 0 Å². The van der Waals surface area contributed by atoms with Crippen molar-refractivity contribution in [3.63, 3.8) is 0 Å². The van der Waals surface area contributed by atoms with E-state index in [1.165, 1.54) is 44.9 Å². The Hall–Kier alpha value is -0.330. The second-order valence-electron chi connectivity index (χ2n) is 5.36. The molecule has 15 heavy (non-hydrogen) atoms. The van der Waals surface area contributed by atoms with Crippen LogP contribution in [0.5, 0.6) is 0 Å². The van der Waals surface area contributed by atoms with Gasteiger partial charge in [-0.25, -0.2) is 0 Å². The van der Waals surface area contributed by atoms with Crippen molar-refractivity contribution in [3.8, 4) is 0 Å². The Labute approximate surface area is 94.6 Å². The van der Waals surface area contributed by atoms with Crippen molar-refractivity contribution in [3.05, 3.63) is 0 Å². The summed E-state index contributed by atoms with van der Waals surface area (Å²) >= 11 is 0. The van der Waals surface area contributed by atoms with Gasteiger partial charge in [-0.15, -0.1) is 0 Å². The fourth-order valence-electron chi connectivity index (χ4n) is 2.79. The molecule has 0 aromatic heterocycles. The van der Waals surface area contributed by atoms with Crippen molar-refractivity contribution in [1.29, 1.82) is 0 Å². The molecule has 0 aromatic rings. The topological polar surface area (TPSA) is 17.1 Å². The number of unbranched alkanes of at least 4 members (excludes halogenated alkanes) is 4. The molecule has 0 spiro atoms. The molecule has 0 N–H and O–H groups in total. The SMILES string of the molecule is CCCCCCCC1CC(=O)CC(C)C1. The van der Waals surface area contributed by atoms with Crippen LogP contribution in [0.2, 0.25) is 0 Å². The molecule has 1 rings (SSSR count). The highest BCUT2D eigenvalue weighted by Gasteiger charge is 2.23. The number of hydrogen-bond acceptors (Lipinski definition) is 1. The smallest absolute Gasteiger partial charge is 0.133 e. The maximum atomic E-state index is 11.4. The number of carbonyl (C=O) groups excluding carboxylic acids is 1. The first-order valence-corrected chi connectivity index (χ1v) is 6.74. The lowest BCUT2D eigenvalue weighted by Gasteiger charge is -2.25. The number of Topliss-reactive ketones (excluding diaryl/α,β-unsaturated/α-hetero) is 1. The summed E-state index contributed by atoms with van der Waals surface area (Å²) in [6.45, 7) is 4.47. The summed E-state index contributed by atoms with van der Waals surface area (Å²) in [7, 11) is 0. The van der Waals surface area contributed by atoms with E-state index in [1.807, 2.05) is 0 Å². The van der Waals surface area contributed by atoms with Crippen LogP contribution in [0.4, 0.5) is 0 Å². The van der Waals surface area contributed by atoms with Gasteiger partial charge in [0.25, 0.3) is 0 Å². The molecule has 0 saturated heterocycles. The molecule has 1 nitrogen and oxygen atoms in total. The Bertz CT molecular complexity index is 186. The first-order chi connectivity index (χ1) is 7.22. The van der Waals surface area contributed by atoms with Gasteiger partial charge in [0, 0.05) is 12.8 Å². The van der Waals surface area contributed by atoms with E-state index in [0.717, 1.165) is 12.8 Å². The van der Waals surface area contributed by atoms with Crippen LogP contribution in [-0.2, 0) is 4.79 Å². The van der Waals surface area contributed by atoms with Crippen LogP contribution in [0.1, 0.15) is 71.6 Å². The van der Waals surface area contributed by atoms with Gasteiger partial charge in [-0.3, -0.25) is 4.79 Å². The standard InChI is InChI=1S/C14H26O/c1-3-4-5-6-7-8-13-9-12(2)10-14(15)11-13/h12-13H,3-11H2,1-2H3. The summed E-state index contributed by atoms with van der Waals surface area (Å²) in [6, 6.07) is 0. The van der Waals surface area contributed by atoms with Crippen molar-refractivity contribution in [2.45, 2.75) is 71.6 Å². The molecule has 1 fully saturated rings. The molecule has 1 aliphatic rings. The van der Waals surface area contributed by atoms with Crippen LogP contribution < -0.4 is 0 Å². The Morgan fingerprint density at radius 2 is 1.87 bits per heavy atom. The molecular weight excluding hydrogens is 184 g/mol. The van der Waals surface area contributed by atoms with Crippen LogP contribution in [-0.4, -0.2) is 5.78 Å². The van der Waals surface area contributed by atoms with Gasteiger partial charge < -0.3 is 0 Å². The lowest BCUT2D eigenvalue weighted by molar-refractivity contribution is -0.122. The van der Waals surface area contributed by atoms with Crippen molar-refractivity contribution in [1.82, 2.24) is 0 Å². The van der Waals surface area contributed by atoms with E-state index in [2.05, 4.69) is 13.8 Å². The van der Waals surface area contributed by atoms with E-state index in [4.69, 9.17) is 0 Å². The normalized spacial score (nSPS) is 26.9. The highest BCUT2D eigenvalue weighted by Crippen LogP contribution is 2.30. The first kappa shape index (κ1) is 12.7. The maximum absolute atomic E-state index is 11.4. The Morgan fingerprint density at radius 1 is 1.13 bits per heavy atom. The molecule has 1 heteroatoms. The van der Waals surface area contributed by atoms with Crippen LogP contribution in [0.25, 0.3) is 0 Å². The second kappa shape index (κ2) is 7.03. The van der Waals surface area contributed by atoms with E-state index in [9.17, 15) is 4.79 Å². The zero-order chi connectivity index (χ0) is 11.1. The molecule has 0 radical (unpaired) electrons. The molecule has 0 aliphatic heterocycles. The molecule has 88 valence electrons. The van der Waals surface area contributed by atoms with Gasteiger partial charge >= 0.3 is 0 Å². The average molecular weight is 210 g/mol. The third kappa shape index (κ3) is 5.34. The average Bonchev–Trinajstić information content (AvgIpc) is 2.16. The van der Waals surface area contributed by atoms with E-state index >= 15 is 0 Å². The van der Waals surface area contributed by atoms with Gasteiger partial charge in [0.1, 0.15) is 5.78 Å². The molecule has 2 unspecified atom stereocenters. The monoisotopic (exact) mass is 210 g/mol. The summed E-state index contributed by atoms with van der Waals surface area (Å²) in [5.41, 5.74) is 0. The van der Waals surface area contributed by atoms with E-state index in [-0.39, 0.29) is 0 Å². The quantitative estimate of drug-likeness (QED) is 0.596. The van der Waals surface area contributed by atoms with E-state index in [1.54, 1.807) is 0 Å². The Kier molecular flexibility index (Phi) is 5.97. The zero-order valence-electron chi connectivity index (χ0n) is 10.4. The molecule has 0 bridgehead atoms. The predicted octanol–water partition coefficient (Wildman–Crippen LogP) is 4.35. The summed E-state index contributed by atoms with van der Waals surface area (Å²) < 4.78 is 0. The maximum Gasteiger partial charge on any atom is 0.133 e. The van der Waals surface area contributed by atoms with Crippen molar-refractivity contribution in [2.24, 2.45) is 11.8 Å². The van der Waals surface area contributed by atoms with Crippen LogP contribution in [0.3, 0.4) is 0 Å². The van der Waals surface area contributed by atoms with Gasteiger partial charge in [-0.05, 0) is 18.3 Å². The minimum Gasteiger partial charge on any atom is -0.300 e. The first-order valence-electron chi connectivity index (χ1n) is 6.74. The fraction of sp³-hybridized carbons (Fsp3) is 0.929. The second-order valence-corrected chi connectivity index (χ2v) is 5.36. The molecule has 0 aromatic carbocycles. The highest BCUT2D eigenvalue weighted by atomic mass is 16.1. The summed E-state index contributed by atoms with van der Waals surface area (Å²) in [4.78, 5) is 11.4. The summed E-state index contributed by atoms with van der Waals surface area (Å²) in [5, 5.41) is 0. The Morgan fingerprint density at radius 3 is 2.53 bits per heavy atom. The highest BCUT2D eigenvalue weighted by molar-refractivity contribution is 5.79. The predicted molar refractivity (Wildman–Crippen MR) is 64.9 cm³/mol. The number of hydrogen-bond donors (Lipinski definition) is 0. The fourth-order valence-corrected chi connectivity index (χ4v) is 2.79. The lowest BCUT2D eigenvalue weighted by Crippen LogP contribution is -2.20. The van der Waals surface area contributed by atoms with Crippen molar-refractivity contribution in [2.75, 3.05) is 0 Å². The minimum atomic E-state index is 0.507. The summed E-state index contributed by atoms with van der Waals surface area (Å²) in [6.07, 6.45) is 11.1. The molecule has 0 amide bonds. The van der Waals surface area contributed by atoms with Crippen LogP contribution in [0.15, 0.2) is 0 Å². The van der Waals surface area contributed by atoms with Crippen LogP contribution >= 0.6 is 0 Å². The van der Waals surface area contributed by atoms with E-state index < -0.39 is 0 Å². The van der Waals surface area contributed by atoms with Crippen molar-refractivity contribution < 1.29 is 4.79 Å². The lowest BCUT2D eigenvalue weighted by atomic mass is 9.79. The third-order valence-corrected chi connectivity index (χ3v) is 3.54. The largest absolute Gasteiger partial charge is 0.300 e. The third-order valence-electron chi connectivity index (χ3n) is 3.54. The van der Waals surface area contributed by atoms with Gasteiger partial charge in [-0.2, -0.15) is 0 Å². The van der Waals surface area contributed by atoms with E-state index in [0.29, 0.717) is 17.6 Å². The van der Waals surface area contributed by atoms with Crippen LogP contribution in [0, 0.1) is 11.8 Å². The van der Waals surface area contributed by atoms with Gasteiger partial charge in [0.2, 0.25) is 0 Å². The Balaban J connectivity index is 2.07. The number of carbonyl (C=O) groups is 1. The zero-order valence-corrected chi connectivity index (χ0v) is 10.4. The summed E-state index contributed by atoms with van der Waals surface area (Å²) in [5.74, 6) is 1.86. The molecule has 1 saturated carbocycles.